The summed E-state index contributed by atoms with van der Waals surface area (Å²) in [5.74, 6) is -0.344. The quantitative estimate of drug-likeness (QED) is 0.718. The molecule has 0 atom stereocenters. The van der Waals surface area contributed by atoms with Gasteiger partial charge >= 0.3 is 16.1 Å². The normalized spacial score (nSPS) is 11.8. The molecule has 0 unspecified atom stereocenters. The van der Waals surface area contributed by atoms with E-state index < -0.39 is 26.2 Å². The number of amides is 2. The molecule has 0 saturated heterocycles. The van der Waals surface area contributed by atoms with Gasteiger partial charge in [-0.3, -0.25) is 0 Å². The molecule has 2 aromatic carbocycles. The first-order valence-corrected chi connectivity index (χ1v) is 10.6. The van der Waals surface area contributed by atoms with Crippen molar-refractivity contribution in [2.75, 3.05) is 5.75 Å². The van der Waals surface area contributed by atoms with Gasteiger partial charge in [0.1, 0.15) is 4.90 Å². The monoisotopic (exact) mass is 398 g/mol. The Morgan fingerprint density at radius 3 is 2.38 bits per heavy atom. The van der Waals surface area contributed by atoms with Crippen LogP contribution in [0.3, 0.4) is 0 Å². The Bertz CT molecular complexity index is 1020. The molecule has 0 aromatic heterocycles. The first-order valence-electron chi connectivity index (χ1n) is 7.54. The number of rotatable bonds is 6. The smallest absolute Gasteiger partial charge is 0.245 e. The molecule has 0 aliphatic rings. The Hall–Kier alpha value is -2.43. The number of benzene rings is 2. The van der Waals surface area contributed by atoms with Crippen LogP contribution in [0.2, 0.25) is 0 Å². The van der Waals surface area contributed by atoms with E-state index in [1.165, 1.54) is 19.1 Å². The highest BCUT2D eigenvalue weighted by molar-refractivity contribution is 7.90. The van der Waals surface area contributed by atoms with Crippen molar-refractivity contribution < 1.29 is 25.9 Å². The number of hydrogen-bond acceptors (Lipinski definition) is 6. The predicted molar refractivity (Wildman–Crippen MR) is 96.0 cm³/mol. The van der Waals surface area contributed by atoms with E-state index in [-0.39, 0.29) is 10.6 Å². The van der Waals surface area contributed by atoms with Crippen molar-refractivity contribution in [2.45, 2.75) is 18.7 Å². The van der Waals surface area contributed by atoms with Crippen LogP contribution in [0.1, 0.15) is 12.5 Å². The van der Waals surface area contributed by atoms with E-state index in [2.05, 4.69) is 4.28 Å². The van der Waals surface area contributed by atoms with E-state index >= 15 is 0 Å². The minimum Gasteiger partial charge on any atom is -0.245 e. The molecule has 140 valence electrons. The van der Waals surface area contributed by atoms with Gasteiger partial charge in [-0.25, -0.2) is 17.9 Å². The fourth-order valence-electron chi connectivity index (χ4n) is 2.11. The van der Waals surface area contributed by atoms with E-state index in [4.69, 9.17) is 0 Å². The second kappa shape index (κ2) is 7.85. The van der Waals surface area contributed by atoms with Crippen LogP contribution in [0.4, 0.5) is 4.79 Å². The first kappa shape index (κ1) is 19.9. The lowest BCUT2D eigenvalue weighted by Gasteiger charge is -2.12. The maximum atomic E-state index is 12.4. The van der Waals surface area contributed by atoms with Gasteiger partial charge in [0.2, 0.25) is 10.0 Å². The SMILES string of the molecule is CCS(=O)(=O)NC(=O)NOS(=O)(=O)c1ccccc1-c1cccc(C)c1. The highest BCUT2D eigenvalue weighted by atomic mass is 32.2. The van der Waals surface area contributed by atoms with Crippen LogP contribution < -0.4 is 10.2 Å². The lowest BCUT2D eigenvalue weighted by atomic mass is 10.0. The summed E-state index contributed by atoms with van der Waals surface area (Å²) in [6.45, 7) is 3.20. The number of hydroxylamine groups is 1. The number of carbonyl (C=O) groups is 1. The maximum Gasteiger partial charge on any atom is 0.353 e. The van der Waals surface area contributed by atoms with Gasteiger partial charge in [-0.15, -0.1) is 4.28 Å². The van der Waals surface area contributed by atoms with Crippen molar-refractivity contribution in [3.05, 3.63) is 54.1 Å². The molecule has 0 spiro atoms. The molecule has 0 radical (unpaired) electrons. The van der Waals surface area contributed by atoms with Gasteiger partial charge in [-0.05, 0) is 25.5 Å². The number of hydrogen-bond donors (Lipinski definition) is 2. The van der Waals surface area contributed by atoms with Crippen LogP contribution in [0.15, 0.2) is 53.4 Å². The van der Waals surface area contributed by atoms with Gasteiger partial charge in [-0.1, -0.05) is 48.0 Å². The van der Waals surface area contributed by atoms with Crippen molar-refractivity contribution in [1.82, 2.24) is 10.2 Å². The minimum atomic E-state index is -4.38. The third-order valence-corrected chi connectivity index (χ3v) is 5.81. The molecule has 26 heavy (non-hydrogen) atoms. The third-order valence-electron chi connectivity index (χ3n) is 3.36. The Morgan fingerprint density at radius 2 is 1.73 bits per heavy atom. The first-order chi connectivity index (χ1) is 12.1. The van der Waals surface area contributed by atoms with Crippen LogP contribution >= 0.6 is 0 Å². The Kier molecular flexibility index (Phi) is 6.01. The molecule has 0 aliphatic carbocycles. The number of aryl methyl sites for hydroxylation is 1. The molecule has 2 amide bonds. The van der Waals surface area contributed by atoms with Crippen LogP contribution in [0.5, 0.6) is 0 Å². The molecular formula is C16H18N2O6S2. The highest BCUT2D eigenvalue weighted by Crippen LogP contribution is 2.28. The van der Waals surface area contributed by atoms with E-state index in [1.807, 2.05) is 19.1 Å². The van der Waals surface area contributed by atoms with E-state index in [0.29, 0.717) is 11.1 Å². The lowest BCUT2D eigenvalue weighted by Crippen LogP contribution is -2.41. The summed E-state index contributed by atoms with van der Waals surface area (Å²) in [5, 5.41) is 0. The van der Waals surface area contributed by atoms with E-state index in [1.54, 1.807) is 34.5 Å². The van der Waals surface area contributed by atoms with Crippen molar-refractivity contribution in [2.24, 2.45) is 0 Å². The molecule has 2 rings (SSSR count). The van der Waals surface area contributed by atoms with Gasteiger partial charge < -0.3 is 0 Å². The zero-order valence-corrected chi connectivity index (χ0v) is 15.7. The number of carbonyl (C=O) groups excluding carboxylic acids is 1. The van der Waals surface area contributed by atoms with Gasteiger partial charge in [-0.2, -0.15) is 13.9 Å². The topological polar surface area (TPSA) is 119 Å². The zero-order valence-electron chi connectivity index (χ0n) is 14.1. The second-order valence-corrected chi connectivity index (χ2v) is 8.87. The van der Waals surface area contributed by atoms with Crippen LogP contribution in [-0.2, 0) is 24.4 Å². The average Bonchev–Trinajstić information content (AvgIpc) is 2.60. The summed E-state index contributed by atoms with van der Waals surface area (Å²) < 4.78 is 53.6. The summed E-state index contributed by atoms with van der Waals surface area (Å²) in [4.78, 5) is 11.3. The standard InChI is InChI=1S/C16H18N2O6S2/c1-3-25(20,21)18-16(19)17-24-26(22,23)15-10-5-4-9-14(15)13-8-6-7-12(2)11-13/h4-11H,3H2,1-2H3,(H2,17,18,19). The number of urea groups is 1. The van der Waals surface area contributed by atoms with Crippen LogP contribution in [-0.4, -0.2) is 28.6 Å². The predicted octanol–water partition coefficient (Wildman–Crippen LogP) is 1.93. The molecule has 2 aromatic rings. The second-order valence-electron chi connectivity index (χ2n) is 5.34. The Morgan fingerprint density at radius 1 is 1.04 bits per heavy atom. The van der Waals surface area contributed by atoms with Crippen molar-refractivity contribution >= 4 is 26.2 Å². The molecule has 0 bridgehead atoms. The van der Waals surface area contributed by atoms with Crippen molar-refractivity contribution in [1.29, 1.82) is 0 Å². The largest absolute Gasteiger partial charge is 0.353 e. The summed E-state index contributed by atoms with van der Waals surface area (Å²) in [5.41, 5.74) is 3.57. The zero-order chi connectivity index (χ0) is 19.4. The Labute approximate surface area is 152 Å². The van der Waals surface area contributed by atoms with Crippen molar-refractivity contribution in [3.8, 4) is 11.1 Å². The maximum absolute atomic E-state index is 12.4. The van der Waals surface area contributed by atoms with Crippen LogP contribution in [0, 0.1) is 6.92 Å². The molecule has 0 fully saturated rings. The lowest BCUT2D eigenvalue weighted by molar-refractivity contribution is 0.186. The Balaban J connectivity index is 2.26. The molecule has 0 saturated carbocycles. The van der Waals surface area contributed by atoms with Gasteiger partial charge in [0.25, 0.3) is 0 Å². The van der Waals surface area contributed by atoms with Crippen LogP contribution in [0.25, 0.3) is 11.1 Å². The summed E-state index contributed by atoms with van der Waals surface area (Å²) in [6, 6.07) is 12.0. The number of sulfonamides is 1. The van der Waals surface area contributed by atoms with E-state index in [9.17, 15) is 21.6 Å². The van der Waals surface area contributed by atoms with E-state index in [0.717, 1.165) is 5.56 Å². The fraction of sp³-hybridized carbons (Fsp3) is 0.188. The van der Waals surface area contributed by atoms with Gasteiger partial charge in [0, 0.05) is 5.56 Å². The summed E-state index contributed by atoms with van der Waals surface area (Å²) >= 11 is 0. The molecule has 0 heterocycles. The minimum absolute atomic E-state index is 0.163. The summed E-state index contributed by atoms with van der Waals surface area (Å²) in [6.07, 6.45) is 0. The van der Waals surface area contributed by atoms with Gasteiger partial charge in [0.15, 0.2) is 0 Å². The van der Waals surface area contributed by atoms with Crippen molar-refractivity contribution in [3.63, 3.8) is 0 Å². The molecule has 8 nitrogen and oxygen atoms in total. The van der Waals surface area contributed by atoms with Gasteiger partial charge in [0.05, 0.1) is 5.75 Å². The average molecular weight is 398 g/mol. The third kappa shape index (κ3) is 5.04. The highest BCUT2D eigenvalue weighted by Gasteiger charge is 2.22. The molecular weight excluding hydrogens is 380 g/mol. The fourth-order valence-corrected chi connectivity index (χ4v) is 3.55. The molecule has 2 N–H and O–H groups in total. The number of nitrogens with one attached hydrogen (secondary N) is 2. The summed E-state index contributed by atoms with van der Waals surface area (Å²) in [7, 11) is -8.22. The molecule has 10 heteroatoms. The molecule has 0 aliphatic heterocycles.